The topological polar surface area (TPSA) is 48.4 Å². The minimum absolute atomic E-state index is 0.0752. The highest BCUT2D eigenvalue weighted by Crippen LogP contribution is 2.31. The Hall–Kier alpha value is -1.26. The average Bonchev–Trinajstić information content (AvgIpc) is 2.78. The van der Waals surface area contributed by atoms with Gasteiger partial charge in [0.1, 0.15) is 6.61 Å². The summed E-state index contributed by atoms with van der Waals surface area (Å²) in [6.45, 7) is 1.14. The highest BCUT2D eigenvalue weighted by molar-refractivity contribution is 5.87. The van der Waals surface area contributed by atoms with E-state index in [2.05, 4.69) is 4.98 Å². The SMILES string of the molecule is COCCOCC(=O)C1CCc2cccnc21. The summed E-state index contributed by atoms with van der Waals surface area (Å²) in [5, 5.41) is 0. The first kappa shape index (κ1) is 12.2. The average molecular weight is 235 g/mol. The van der Waals surface area contributed by atoms with Crippen LogP contribution in [0.5, 0.6) is 0 Å². The summed E-state index contributed by atoms with van der Waals surface area (Å²) in [6, 6.07) is 3.96. The molecule has 92 valence electrons. The van der Waals surface area contributed by atoms with E-state index in [0.29, 0.717) is 13.2 Å². The lowest BCUT2D eigenvalue weighted by molar-refractivity contribution is -0.125. The first-order chi connectivity index (χ1) is 8.33. The molecule has 0 fully saturated rings. The molecular weight excluding hydrogens is 218 g/mol. The van der Waals surface area contributed by atoms with Crippen molar-refractivity contribution in [3.63, 3.8) is 0 Å². The summed E-state index contributed by atoms with van der Waals surface area (Å²) in [4.78, 5) is 16.3. The van der Waals surface area contributed by atoms with Gasteiger partial charge < -0.3 is 9.47 Å². The second kappa shape index (κ2) is 5.89. The number of hydrogen-bond acceptors (Lipinski definition) is 4. The molecular formula is C13H17NO3. The number of carbonyl (C=O) groups excluding carboxylic acids is 1. The Labute approximate surface area is 101 Å². The Morgan fingerprint density at radius 1 is 1.53 bits per heavy atom. The highest BCUT2D eigenvalue weighted by Gasteiger charge is 2.29. The van der Waals surface area contributed by atoms with Crippen LogP contribution in [0.3, 0.4) is 0 Å². The number of ether oxygens (including phenoxy) is 2. The molecule has 0 amide bonds. The zero-order chi connectivity index (χ0) is 12.1. The van der Waals surface area contributed by atoms with Crippen molar-refractivity contribution < 1.29 is 14.3 Å². The lowest BCUT2D eigenvalue weighted by Gasteiger charge is -2.09. The lowest BCUT2D eigenvalue weighted by Crippen LogP contribution is -2.18. The third-order valence-electron chi connectivity index (χ3n) is 3.02. The van der Waals surface area contributed by atoms with Crippen LogP contribution < -0.4 is 0 Å². The van der Waals surface area contributed by atoms with Crippen molar-refractivity contribution in [1.29, 1.82) is 0 Å². The monoisotopic (exact) mass is 235 g/mol. The largest absolute Gasteiger partial charge is 0.382 e. The number of aryl methyl sites for hydroxylation is 1. The fourth-order valence-electron chi connectivity index (χ4n) is 2.14. The quantitative estimate of drug-likeness (QED) is 0.698. The van der Waals surface area contributed by atoms with Gasteiger partial charge in [-0.1, -0.05) is 6.07 Å². The van der Waals surface area contributed by atoms with Crippen LogP contribution in [0.4, 0.5) is 0 Å². The number of fused-ring (bicyclic) bond motifs is 1. The third kappa shape index (κ3) is 2.90. The molecule has 4 nitrogen and oxygen atoms in total. The number of Topliss-reactive ketones (excluding diaryl/α,β-unsaturated/α-hetero) is 1. The van der Waals surface area contributed by atoms with Gasteiger partial charge in [0.2, 0.25) is 0 Å². The fourth-order valence-corrected chi connectivity index (χ4v) is 2.14. The minimum Gasteiger partial charge on any atom is -0.382 e. The van der Waals surface area contributed by atoms with Crippen molar-refractivity contribution in [3.8, 4) is 0 Å². The molecule has 17 heavy (non-hydrogen) atoms. The number of pyridine rings is 1. The van der Waals surface area contributed by atoms with E-state index in [1.165, 1.54) is 5.56 Å². The minimum atomic E-state index is -0.0752. The molecule has 1 atom stereocenters. The highest BCUT2D eigenvalue weighted by atomic mass is 16.5. The number of ketones is 1. The zero-order valence-corrected chi connectivity index (χ0v) is 10.0. The van der Waals surface area contributed by atoms with Crippen LogP contribution in [0.2, 0.25) is 0 Å². The van der Waals surface area contributed by atoms with Gasteiger partial charge >= 0.3 is 0 Å². The van der Waals surface area contributed by atoms with Crippen molar-refractivity contribution in [2.45, 2.75) is 18.8 Å². The van der Waals surface area contributed by atoms with Crippen LogP contribution in [0.25, 0.3) is 0 Å². The van der Waals surface area contributed by atoms with Crippen LogP contribution in [0.15, 0.2) is 18.3 Å². The van der Waals surface area contributed by atoms with Gasteiger partial charge in [0.15, 0.2) is 5.78 Å². The van der Waals surface area contributed by atoms with Crippen molar-refractivity contribution >= 4 is 5.78 Å². The van der Waals surface area contributed by atoms with Gasteiger partial charge in [-0.05, 0) is 24.5 Å². The number of nitrogens with zero attached hydrogens (tertiary/aromatic N) is 1. The Morgan fingerprint density at radius 3 is 3.24 bits per heavy atom. The molecule has 0 radical (unpaired) electrons. The Bertz CT molecular complexity index is 392. The Balaban J connectivity index is 1.89. The molecule has 0 aliphatic heterocycles. The van der Waals surface area contributed by atoms with E-state index in [1.54, 1.807) is 13.3 Å². The molecule has 0 saturated heterocycles. The maximum atomic E-state index is 12.0. The lowest BCUT2D eigenvalue weighted by atomic mass is 10.0. The molecule has 0 spiro atoms. The van der Waals surface area contributed by atoms with E-state index in [4.69, 9.17) is 9.47 Å². The molecule has 0 N–H and O–H groups in total. The number of carbonyl (C=O) groups is 1. The van der Waals surface area contributed by atoms with Crippen LogP contribution >= 0.6 is 0 Å². The van der Waals surface area contributed by atoms with Gasteiger partial charge in [-0.15, -0.1) is 0 Å². The summed E-state index contributed by atoms with van der Waals surface area (Å²) in [5.74, 6) is 0.0484. The van der Waals surface area contributed by atoms with Gasteiger partial charge in [-0.2, -0.15) is 0 Å². The Kier molecular flexibility index (Phi) is 4.23. The van der Waals surface area contributed by atoms with Gasteiger partial charge in [0, 0.05) is 13.3 Å². The van der Waals surface area contributed by atoms with Crippen molar-refractivity contribution in [3.05, 3.63) is 29.6 Å². The molecule has 1 heterocycles. The third-order valence-corrected chi connectivity index (χ3v) is 3.02. The standard InChI is InChI=1S/C13H17NO3/c1-16-7-8-17-9-12(15)11-5-4-10-3-2-6-14-13(10)11/h2-3,6,11H,4-5,7-9H2,1H3. The molecule has 0 bridgehead atoms. The molecule has 4 heteroatoms. The number of hydrogen-bond donors (Lipinski definition) is 0. The number of methoxy groups -OCH3 is 1. The second-order valence-electron chi connectivity index (χ2n) is 4.15. The smallest absolute Gasteiger partial charge is 0.167 e. The molecule has 1 aliphatic rings. The van der Waals surface area contributed by atoms with Crippen LogP contribution in [0, 0.1) is 0 Å². The van der Waals surface area contributed by atoms with Gasteiger partial charge in [0.05, 0.1) is 24.8 Å². The van der Waals surface area contributed by atoms with Crippen molar-refractivity contribution in [1.82, 2.24) is 4.98 Å². The molecule has 2 rings (SSSR count). The van der Waals surface area contributed by atoms with E-state index >= 15 is 0 Å². The summed E-state index contributed by atoms with van der Waals surface area (Å²) < 4.78 is 10.1. The normalized spacial score (nSPS) is 18.1. The predicted molar refractivity (Wildman–Crippen MR) is 63.0 cm³/mol. The summed E-state index contributed by atoms with van der Waals surface area (Å²) in [6.07, 6.45) is 3.55. The summed E-state index contributed by atoms with van der Waals surface area (Å²) >= 11 is 0. The van der Waals surface area contributed by atoms with E-state index in [9.17, 15) is 4.79 Å². The van der Waals surface area contributed by atoms with E-state index in [0.717, 1.165) is 18.5 Å². The molecule has 1 aliphatic carbocycles. The fraction of sp³-hybridized carbons (Fsp3) is 0.538. The van der Waals surface area contributed by atoms with Gasteiger partial charge in [0.25, 0.3) is 0 Å². The Morgan fingerprint density at radius 2 is 2.41 bits per heavy atom. The van der Waals surface area contributed by atoms with E-state index < -0.39 is 0 Å². The number of aromatic nitrogens is 1. The molecule has 0 saturated carbocycles. The maximum Gasteiger partial charge on any atom is 0.167 e. The molecule has 0 aromatic carbocycles. The van der Waals surface area contributed by atoms with Gasteiger partial charge in [-0.25, -0.2) is 0 Å². The first-order valence-corrected chi connectivity index (χ1v) is 5.86. The van der Waals surface area contributed by atoms with Gasteiger partial charge in [-0.3, -0.25) is 9.78 Å². The zero-order valence-electron chi connectivity index (χ0n) is 10.0. The van der Waals surface area contributed by atoms with Crippen molar-refractivity contribution in [2.75, 3.05) is 26.9 Å². The van der Waals surface area contributed by atoms with E-state index in [1.807, 2.05) is 12.1 Å². The number of rotatable bonds is 6. The van der Waals surface area contributed by atoms with E-state index in [-0.39, 0.29) is 18.3 Å². The predicted octanol–water partition coefficient (Wildman–Crippen LogP) is 1.34. The summed E-state index contributed by atoms with van der Waals surface area (Å²) in [5.41, 5.74) is 2.13. The first-order valence-electron chi connectivity index (χ1n) is 5.86. The molecule has 1 unspecified atom stereocenters. The molecule has 1 aromatic rings. The van der Waals surface area contributed by atoms with Crippen LogP contribution in [0.1, 0.15) is 23.6 Å². The van der Waals surface area contributed by atoms with Crippen LogP contribution in [-0.4, -0.2) is 37.7 Å². The van der Waals surface area contributed by atoms with Crippen molar-refractivity contribution in [2.24, 2.45) is 0 Å². The van der Waals surface area contributed by atoms with Crippen LogP contribution in [-0.2, 0) is 20.7 Å². The molecule has 1 aromatic heterocycles. The summed E-state index contributed by atoms with van der Waals surface area (Å²) in [7, 11) is 1.61. The maximum absolute atomic E-state index is 12.0. The second-order valence-corrected chi connectivity index (χ2v) is 4.15.